The third kappa shape index (κ3) is 4.18. The standard InChI is InChI=1S/C21H26N4O3S/c1-5-24(6-2)29(27,28)17-12-11-15(3)19(13-17)23-21(26)14-25-16(4)22-18-9-7-8-10-20(18)25/h7-13H,5-6,14H2,1-4H3,(H,23,26). The highest BCUT2D eigenvalue weighted by atomic mass is 32.2. The average Bonchev–Trinajstić information content (AvgIpc) is 2.99. The van der Waals surface area contributed by atoms with Crippen LogP contribution in [0.3, 0.4) is 0 Å². The molecule has 0 radical (unpaired) electrons. The second kappa shape index (κ2) is 8.34. The van der Waals surface area contributed by atoms with Gasteiger partial charge in [0.25, 0.3) is 0 Å². The van der Waals surface area contributed by atoms with Crippen LogP contribution in [0.4, 0.5) is 5.69 Å². The smallest absolute Gasteiger partial charge is 0.244 e. The largest absolute Gasteiger partial charge is 0.324 e. The molecule has 0 saturated carbocycles. The minimum Gasteiger partial charge on any atom is -0.324 e. The van der Waals surface area contributed by atoms with Gasteiger partial charge in [-0.3, -0.25) is 4.79 Å². The molecule has 2 aromatic carbocycles. The van der Waals surface area contributed by atoms with Gasteiger partial charge in [-0.25, -0.2) is 13.4 Å². The molecule has 0 aliphatic rings. The quantitative estimate of drug-likeness (QED) is 0.643. The van der Waals surface area contributed by atoms with E-state index in [4.69, 9.17) is 0 Å². The SMILES string of the molecule is CCN(CC)S(=O)(=O)c1ccc(C)c(NC(=O)Cn2c(C)nc3ccccc32)c1. The van der Waals surface area contributed by atoms with E-state index in [1.807, 2.05) is 42.7 Å². The molecule has 0 saturated heterocycles. The first-order valence-corrected chi connectivity index (χ1v) is 11.0. The van der Waals surface area contributed by atoms with Crippen molar-refractivity contribution in [1.29, 1.82) is 0 Å². The van der Waals surface area contributed by atoms with Crippen molar-refractivity contribution in [2.24, 2.45) is 0 Å². The third-order valence-corrected chi connectivity index (χ3v) is 7.02. The topological polar surface area (TPSA) is 84.3 Å². The van der Waals surface area contributed by atoms with Crippen LogP contribution in [0.5, 0.6) is 0 Å². The van der Waals surface area contributed by atoms with E-state index in [2.05, 4.69) is 10.3 Å². The maximum atomic E-state index is 12.8. The first-order chi connectivity index (χ1) is 13.8. The van der Waals surface area contributed by atoms with Gasteiger partial charge in [-0.05, 0) is 43.7 Å². The summed E-state index contributed by atoms with van der Waals surface area (Å²) in [6.45, 7) is 8.17. The molecule has 8 heteroatoms. The lowest BCUT2D eigenvalue weighted by Crippen LogP contribution is -2.30. The van der Waals surface area contributed by atoms with Crippen LogP contribution in [0, 0.1) is 13.8 Å². The summed E-state index contributed by atoms with van der Waals surface area (Å²) in [5.74, 6) is 0.507. The van der Waals surface area contributed by atoms with Gasteiger partial charge in [-0.15, -0.1) is 0 Å². The molecule has 0 bridgehead atoms. The van der Waals surface area contributed by atoms with E-state index in [9.17, 15) is 13.2 Å². The lowest BCUT2D eigenvalue weighted by atomic mass is 10.2. The van der Waals surface area contributed by atoms with E-state index in [-0.39, 0.29) is 17.3 Å². The number of sulfonamides is 1. The third-order valence-electron chi connectivity index (χ3n) is 4.97. The van der Waals surface area contributed by atoms with Crippen LogP contribution in [0.2, 0.25) is 0 Å². The Morgan fingerprint density at radius 2 is 1.79 bits per heavy atom. The number of hydrogen-bond donors (Lipinski definition) is 1. The normalized spacial score (nSPS) is 11.9. The summed E-state index contributed by atoms with van der Waals surface area (Å²) >= 11 is 0. The number of hydrogen-bond acceptors (Lipinski definition) is 4. The molecule has 0 atom stereocenters. The van der Waals surface area contributed by atoms with Crippen molar-refractivity contribution in [3.8, 4) is 0 Å². The van der Waals surface area contributed by atoms with Crippen molar-refractivity contribution in [2.75, 3.05) is 18.4 Å². The van der Waals surface area contributed by atoms with Gasteiger partial charge in [-0.2, -0.15) is 4.31 Å². The number of rotatable bonds is 7. The molecule has 1 amide bonds. The van der Waals surface area contributed by atoms with Gasteiger partial charge >= 0.3 is 0 Å². The molecular formula is C21H26N4O3S. The zero-order valence-corrected chi connectivity index (χ0v) is 18.0. The van der Waals surface area contributed by atoms with Crippen molar-refractivity contribution in [3.05, 3.63) is 53.9 Å². The molecular weight excluding hydrogens is 388 g/mol. The summed E-state index contributed by atoms with van der Waals surface area (Å²) in [5, 5.41) is 2.86. The van der Waals surface area contributed by atoms with Gasteiger partial charge in [0.05, 0.1) is 15.9 Å². The predicted octanol–water partition coefficient (Wildman–Crippen LogP) is 3.32. The first-order valence-electron chi connectivity index (χ1n) is 9.60. The fourth-order valence-corrected chi connectivity index (χ4v) is 4.82. The zero-order chi connectivity index (χ0) is 21.2. The number of nitrogens with one attached hydrogen (secondary N) is 1. The molecule has 3 aromatic rings. The fourth-order valence-electron chi connectivity index (χ4n) is 3.34. The highest BCUT2D eigenvalue weighted by Gasteiger charge is 2.22. The minimum atomic E-state index is -3.59. The lowest BCUT2D eigenvalue weighted by molar-refractivity contribution is -0.116. The summed E-state index contributed by atoms with van der Waals surface area (Å²) < 4.78 is 28.8. The van der Waals surface area contributed by atoms with Gasteiger partial charge in [0.15, 0.2) is 0 Å². The molecule has 1 heterocycles. The number of fused-ring (bicyclic) bond motifs is 1. The van der Waals surface area contributed by atoms with Gasteiger partial charge in [0.1, 0.15) is 12.4 Å². The number of para-hydroxylation sites is 2. The van der Waals surface area contributed by atoms with Crippen molar-refractivity contribution in [1.82, 2.24) is 13.9 Å². The number of anilines is 1. The summed E-state index contributed by atoms with van der Waals surface area (Å²) in [7, 11) is -3.59. The van der Waals surface area contributed by atoms with Gasteiger partial charge in [-0.1, -0.05) is 32.0 Å². The van der Waals surface area contributed by atoms with Crippen molar-refractivity contribution in [3.63, 3.8) is 0 Å². The summed E-state index contributed by atoms with van der Waals surface area (Å²) in [4.78, 5) is 17.4. The summed E-state index contributed by atoms with van der Waals surface area (Å²) in [6, 6.07) is 12.5. The van der Waals surface area contributed by atoms with E-state index < -0.39 is 10.0 Å². The number of carbonyl (C=O) groups is 1. The minimum absolute atomic E-state index is 0.0960. The lowest BCUT2D eigenvalue weighted by Gasteiger charge is -2.19. The fraction of sp³-hybridized carbons (Fsp3) is 0.333. The molecule has 3 rings (SSSR count). The van der Waals surface area contributed by atoms with Crippen LogP contribution in [-0.2, 0) is 21.4 Å². The number of carbonyl (C=O) groups excluding carboxylic acids is 1. The molecule has 0 fully saturated rings. The van der Waals surface area contributed by atoms with Crippen LogP contribution in [0.15, 0.2) is 47.4 Å². The van der Waals surface area contributed by atoms with Crippen molar-refractivity contribution in [2.45, 2.75) is 39.1 Å². The number of amides is 1. The monoisotopic (exact) mass is 414 g/mol. The molecule has 0 aliphatic heterocycles. The van der Waals surface area contributed by atoms with E-state index in [0.717, 1.165) is 22.4 Å². The molecule has 1 aromatic heterocycles. The van der Waals surface area contributed by atoms with Crippen LogP contribution < -0.4 is 5.32 Å². The Bertz CT molecular complexity index is 1150. The maximum absolute atomic E-state index is 12.8. The second-order valence-electron chi connectivity index (χ2n) is 6.85. The molecule has 7 nitrogen and oxygen atoms in total. The first kappa shape index (κ1) is 21.0. The zero-order valence-electron chi connectivity index (χ0n) is 17.1. The molecule has 0 unspecified atom stereocenters. The summed E-state index contributed by atoms with van der Waals surface area (Å²) in [5.41, 5.74) is 3.00. The molecule has 1 N–H and O–H groups in total. The van der Waals surface area contributed by atoms with Gasteiger partial charge in [0, 0.05) is 18.8 Å². The van der Waals surface area contributed by atoms with E-state index in [1.165, 1.54) is 10.4 Å². The Morgan fingerprint density at radius 3 is 2.48 bits per heavy atom. The Hall–Kier alpha value is -2.71. The van der Waals surface area contributed by atoms with Crippen LogP contribution >= 0.6 is 0 Å². The number of aryl methyl sites for hydroxylation is 2. The number of benzene rings is 2. The van der Waals surface area contributed by atoms with Gasteiger partial charge in [0.2, 0.25) is 15.9 Å². The summed E-state index contributed by atoms with van der Waals surface area (Å²) in [6.07, 6.45) is 0. The Morgan fingerprint density at radius 1 is 1.10 bits per heavy atom. The van der Waals surface area contributed by atoms with E-state index in [0.29, 0.717) is 18.8 Å². The Kier molecular flexibility index (Phi) is 6.04. The molecule has 0 spiro atoms. The van der Waals surface area contributed by atoms with Gasteiger partial charge < -0.3 is 9.88 Å². The molecule has 29 heavy (non-hydrogen) atoms. The van der Waals surface area contributed by atoms with Crippen molar-refractivity contribution >= 4 is 32.7 Å². The number of aromatic nitrogens is 2. The predicted molar refractivity (Wildman–Crippen MR) is 114 cm³/mol. The van der Waals surface area contributed by atoms with E-state index >= 15 is 0 Å². The maximum Gasteiger partial charge on any atom is 0.244 e. The highest BCUT2D eigenvalue weighted by molar-refractivity contribution is 7.89. The Labute approximate surface area is 171 Å². The average molecular weight is 415 g/mol. The van der Waals surface area contributed by atoms with E-state index in [1.54, 1.807) is 26.0 Å². The highest BCUT2D eigenvalue weighted by Crippen LogP contribution is 2.23. The van der Waals surface area contributed by atoms with Crippen LogP contribution in [0.1, 0.15) is 25.2 Å². The molecule has 0 aliphatic carbocycles. The molecule has 154 valence electrons. The Balaban J connectivity index is 1.86. The second-order valence-corrected chi connectivity index (χ2v) is 8.79. The van der Waals surface area contributed by atoms with Crippen LogP contribution in [0.25, 0.3) is 11.0 Å². The van der Waals surface area contributed by atoms with Crippen LogP contribution in [-0.4, -0.2) is 41.3 Å². The number of imidazole rings is 1. The number of nitrogens with zero attached hydrogens (tertiary/aromatic N) is 3. The van der Waals surface area contributed by atoms with Crippen molar-refractivity contribution < 1.29 is 13.2 Å².